The molecule has 1 aliphatic heterocycles. The van der Waals surface area contributed by atoms with Gasteiger partial charge in [-0.05, 0) is 46.1 Å². The van der Waals surface area contributed by atoms with Crippen LogP contribution in [0.1, 0.15) is 40.0 Å². The van der Waals surface area contributed by atoms with Crippen LogP contribution in [-0.2, 0) is 16.0 Å². The maximum Gasteiger partial charge on any atom is 0.410 e. The number of nitrogens with zero attached hydrogens (tertiary/aromatic N) is 3. The summed E-state index contributed by atoms with van der Waals surface area (Å²) < 4.78 is 30.1. The number of carbonyl (C=O) groups excluding carboxylic acids is 1. The summed E-state index contributed by atoms with van der Waals surface area (Å²) in [6.45, 7) is 5.94. The number of carbonyl (C=O) groups is 1. The molecule has 0 aliphatic carbocycles. The minimum Gasteiger partial charge on any atom is -0.755 e. The van der Waals surface area contributed by atoms with Crippen LogP contribution in [0.2, 0.25) is 10.2 Å². The Morgan fingerprint density at radius 1 is 1.46 bits per heavy atom. The number of aromatic nitrogens is 1. The van der Waals surface area contributed by atoms with E-state index >= 15 is 0 Å². The van der Waals surface area contributed by atoms with Crippen molar-refractivity contribution < 1.29 is 18.3 Å². The average molecular weight is 423 g/mol. The summed E-state index contributed by atoms with van der Waals surface area (Å²) in [5, 5.41) is 0.297. The van der Waals surface area contributed by atoms with Crippen molar-refractivity contribution in [2.24, 2.45) is 0 Å². The molecule has 0 N–H and O–H groups in total. The van der Waals surface area contributed by atoms with E-state index in [0.29, 0.717) is 13.0 Å². The minimum absolute atomic E-state index is 0.0261. The number of piperidine rings is 1. The Morgan fingerprint density at radius 2 is 2.15 bits per heavy atom. The number of likely N-dealkylation sites (tertiary alicyclic amines) is 1. The van der Waals surface area contributed by atoms with E-state index in [2.05, 4.69) is 4.98 Å². The second-order valence-corrected chi connectivity index (χ2v) is 8.73. The third-order valence-electron chi connectivity index (χ3n) is 3.87. The number of hydrogen-bond acceptors (Lipinski definition) is 5. The van der Waals surface area contributed by atoms with Crippen molar-refractivity contribution in [3.05, 3.63) is 22.4 Å². The third-order valence-corrected chi connectivity index (χ3v) is 5.07. The van der Waals surface area contributed by atoms with E-state index in [1.807, 2.05) is 0 Å². The first-order valence-corrected chi connectivity index (χ1v) is 10.0. The van der Waals surface area contributed by atoms with Gasteiger partial charge in [-0.25, -0.2) is 9.78 Å². The molecule has 1 aromatic rings. The lowest BCUT2D eigenvalue weighted by Gasteiger charge is -2.40. The van der Waals surface area contributed by atoms with E-state index in [4.69, 9.17) is 27.9 Å². The van der Waals surface area contributed by atoms with Crippen LogP contribution in [0.25, 0.3) is 0 Å². The maximum absolute atomic E-state index is 12.5. The molecule has 1 fully saturated rings. The van der Waals surface area contributed by atoms with Gasteiger partial charge in [0.15, 0.2) is 5.15 Å². The zero-order valence-corrected chi connectivity index (χ0v) is 17.2. The van der Waals surface area contributed by atoms with Crippen molar-refractivity contribution in [3.63, 3.8) is 0 Å². The van der Waals surface area contributed by atoms with Crippen LogP contribution in [0.4, 0.5) is 10.5 Å². The predicted octanol–water partition coefficient (Wildman–Crippen LogP) is 3.78. The highest BCUT2D eigenvalue weighted by Crippen LogP contribution is 2.30. The summed E-state index contributed by atoms with van der Waals surface area (Å²) in [4.78, 5) is 18.0. The fourth-order valence-electron chi connectivity index (χ4n) is 2.77. The topological polar surface area (TPSA) is 85.8 Å². The van der Waals surface area contributed by atoms with Gasteiger partial charge in [0.2, 0.25) is 0 Å². The van der Waals surface area contributed by atoms with Gasteiger partial charge in [-0.2, -0.15) is 0 Å². The highest BCUT2D eigenvalue weighted by Gasteiger charge is 2.32. The molecule has 2 heterocycles. The zero-order chi connectivity index (χ0) is 19.5. The van der Waals surface area contributed by atoms with E-state index in [-0.39, 0.29) is 28.4 Å². The Morgan fingerprint density at radius 3 is 2.77 bits per heavy atom. The standard InChI is InChI=1S/C16H23Cl2N3O4S/c1-16(2,3)25-15(22)20-7-5-4-6-12(20)10-21(26(23)24)13-8-11(17)9-19-14(13)18/h8-9,12H,4-7,10H2,1-3H3,(H,23,24)/p-1. The Balaban J connectivity index is 2.24. The number of rotatable bonds is 4. The van der Waals surface area contributed by atoms with Crippen LogP contribution in [0.3, 0.4) is 0 Å². The molecular formula is C16H22Cl2N3O4S-. The highest BCUT2D eigenvalue weighted by atomic mass is 35.5. The number of ether oxygens (including phenoxy) is 1. The molecule has 26 heavy (non-hydrogen) atoms. The summed E-state index contributed by atoms with van der Waals surface area (Å²) in [5.41, 5.74) is -0.442. The normalized spacial score (nSPS) is 19.2. The molecule has 1 aliphatic rings. The molecule has 1 amide bonds. The highest BCUT2D eigenvalue weighted by molar-refractivity contribution is 7.80. The lowest BCUT2D eigenvalue weighted by atomic mass is 10.0. The van der Waals surface area contributed by atoms with Crippen molar-refractivity contribution in [3.8, 4) is 0 Å². The molecular weight excluding hydrogens is 401 g/mol. The summed E-state index contributed by atoms with van der Waals surface area (Å²) in [7, 11) is 0. The molecule has 146 valence electrons. The van der Waals surface area contributed by atoms with Crippen molar-refractivity contribution in [2.75, 3.05) is 17.4 Å². The maximum atomic E-state index is 12.5. The summed E-state index contributed by atoms with van der Waals surface area (Å²) >= 11 is 9.38. The van der Waals surface area contributed by atoms with E-state index in [1.165, 1.54) is 12.3 Å². The van der Waals surface area contributed by atoms with Gasteiger partial charge in [0.05, 0.1) is 23.3 Å². The van der Waals surface area contributed by atoms with Crippen molar-refractivity contribution in [1.29, 1.82) is 0 Å². The monoisotopic (exact) mass is 422 g/mol. The number of halogens is 2. The van der Waals surface area contributed by atoms with Gasteiger partial charge in [0, 0.05) is 24.0 Å². The second kappa shape index (κ2) is 8.73. The molecule has 0 radical (unpaired) electrons. The second-order valence-electron chi connectivity index (χ2n) is 7.07. The smallest absolute Gasteiger partial charge is 0.410 e. The molecule has 2 atom stereocenters. The van der Waals surface area contributed by atoms with Gasteiger partial charge >= 0.3 is 6.09 Å². The molecule has 2 unspecified atom stereocenters. The Bertz CT molecular complexity index is 684. The fourth-order valence-corrected chi connectivity index (χ4v) is 3.77. The lowest BCUT2D eigenvalue weighted by Crippen LogP contribution is -2.51. The van der Waals surface area contributed by atoms with Gasteiger partial charge < -0.3 is 14.2 Å². The van der Waals surface area contributed by atoms with Crippen LogP contribution in [0, 0.1) is 0 Å². The number of pyridine rings is 1. The number of amides is 1. The first-order chi connectivity index (χ1) is 12.1. The molecule has 2 rings (SSSR count). The van der Waals surface area contributed by atoms with Crippen LogP contribution in [-0.4, -0.2) is 49.5 Å². The van der Waals surface area contributed by atoms with Gasteiger partial charge in [-0.15, -0.1) is 0 Å². The van der Waals surface area contributed by atoms with Gasteiger partial charge in [0.25, 0.3) is 0 Å². The van der Waals surface area contributed by atoms with Crippen LogP contribution < -0.4 is 4.31 Å². The van der Waals surface area contributed by atoms with Crippen molar-refractivity contribution >= 4 is 46.2 Å². The first-order valence-electron chi connectivity index (χ1n) is 8.26. The van der Waals surface area contributed by atoms with E-state index in [1.54, 1.807) is 25.7 Å². The number of hydrogen-bond donors (Lipinski definition) is 0. The summed E-state index contributed by atoms with van der Waals surface area (Å²) in [6, 6.07) is 1.11. The van der Waals surface area contributed by atoms with E-state index in [0.717, 1.165) is 17.1 Å². The van der Waals surface area contributed by atoms with Crippen LogP contribution in [0.15, 0.2) is 12.3 Å². The Hall–Kier alpha value is -1.09. The Kier molecular flexibility index (Phi) is 7.12. The number of anilines is 1. The SMILES string of the molecule is CC(C)(C)OC(=O)N1CCCCC1CN(c1cc(Cl)cnc1Cl)S(=O)[O-]. The molecule has 0 aromatic carbocycles. The van der Waals surface area contributed by atoms with E-state index in [9.17, 15) is 13.6 Å². The molecule has 1 aromatic heterocycles. The lowest BCUT2D eigenvalue weighted by molar-refractivity contribution is 0.0110. The molecule has 0 saturated carbocycles. The minimum atomic E-state index is -2.60. The van der Waals surface area contributed by atoms with Crippen molar-refractivity contribution in [2.45, 2.75) is 51.7 Å². The molecule has 0 bridgehead atoms. The van der Waals surface area contributed by atoms with Gasteiger partial charge in [0.1, 0.15) is 5.60 Å². The molecule has 10 heteroatoms. The van der Waals surface area contributed by atoms with Gasteiger partial charge in [-0.3, -0.25) is 8.51 Å². The third kappa shape index (κ3) is 5.70. The summed E-state index contributed by atoms with van der Waals surface area (Å²) in [5.74, 6) is 0. The van der Waals surface area contributed by atoms with Crippen LogP contribution in [0.5, 0.6) is 0 Å². The van der Waals surface area contributed by atoms with Gasteiger partial charge in [-0.1, -0.05) is 23.2 Å². The Labute approximate surface area is 166 Å². The molecule has 7 nitrogen and oxygen atoms in total. The summed E-state index contributed by atoms with van der Waals surface area (Å²) in [6.07, 6.45) is 3.29. The zero-order valence-electron chi connectivity index (χ0n) is 14.9. The largest absolute Gasteiger partial charge is 0.755 e. The quantitative estimate of drug-likeness (QED) is 0.544. The van der Waals surface area contributed by atoms with Crippen LogP contribution >= 0.6 is 23.2 Å². The molecule has 0 spiro atoms. The fraction of sp³-hybridized carbons (Fsp3) is 0.625. The average Bonchev–Trinajstić information content (AvgIpc) is 2.53. The first kappa shape index (κ1) is 21.2. The predicted molar refractivity (Wildman–Crippen MR) is 101 cm³/mol. The van der Waals surface area contributed by atoms with Crippen molar-refractivity contribution in [1.82, 2.24) is 9.88 Å². The molecule has 1 saturated heterocycles. The van der Waals surface area contributed by atoms with E-state index < -0.39 is 23.0 Å².